The van der Waals surface area contributed by atoms with Crippen molar-refractivity contribution in [3.63, 3.8) is 0 Å². The van der Waals surface area contributed by atoms with E-state index in [1.165, 1.54) is 0 Å². The van der Waals surface area contributed by atoms with E-state index in [4.69, 9.17) is 17.0 Å². The van der Waals surface area contributed by atoms with E-state index < -0.39 is 12.1 Å². The zero-order chi connectivity index (χ0) is 24.4. The third-order valence-electron chi connectivity index (χ3n) is 6.46. The molecule has 0 radical (unpaired) electrons. The molecule has 5 rings (SSSR count). The topological polar surface area (TPSA) is 88.5 Å². The summed E-state index contributed by atoms with van der Waals surface area (Å²) in [6.07, 6.45) is 2.23. The molecule has 8 heteroatoms. The normalized spacial score (nSPS) is 17.2. The summed E-state index contributed by atoms with van der Waals surface area (Å²) in [5.74, 6) is 0.306. The largest absolute Gasteiger partial charge is 0.357 e. The van der Waals surface area contributed by atoms with Crippen molar-refractivity contribution in [3.05, 3.63) is 94.5 Å². The van der Waals surface area contributed by atoms with Gasteiger partial charge in [-0.2, -0.15) is 0 Å². The van der Waals surface area contributed by atoms with Crippen molar-refractivity contribution in [2.24, 2.45) is 0 Å². The molecule has 7 nitrogen and oxygen atoms in total. The Kier molecular flexibility index (Phi) is 6.42. The fourth-order valence-electron chi connectivity index (χ4n) is 4.61. The van der Waals surface area contributed by atoms with Crippen molar-refractivity contribution in [2.75, 3.05) is 23.3 Å². The molecule has 3 N–H and O–H groups in total. The number of nitrogens with one attached hydrogen (secondary N) is 3. The molecular formula is C27H26ClN5O2. The number of urea groups is 1. The summed E-state index contributed by atoms with van der Waals surface area (Å²) >= 11 is 5.92. The summed E-state index contributed by atoms with van der Waals surface area (Å²) in [5, 5.41) is 14.6. The van der Waals surface area contributed by atoms with Crippen LogP contribution in [-0.2, 0) is 11.3 Å². The Morgan fingerprint density at radius 2 is 1.63 bits per heavy atom. The van der Waals surface area contributed by atoms with Crippen molar-refractivity contribution >= 4 is 40.7 Å². The van der Waals surface area contributed by atoms with Crippen molar-refractivity contribution in [2.45, 2.75) is 25.4 Å². The number of likely N-dealkylation sites (tertiary alicyclic amines) is 1. The van der Waals surface area contributed by atoms with E-state index in [9.17, 15) is 9.59 Å². The third-order valence-corrected chi connectivity index (χ3v) is 6.71. The van der Waals surface area contributed by atoms with Crippen molar-refractivity contribution < 1.29 is 9.59 Å². The predicted octanol–water partition coefficient (Wildman–Crippen LogP) is 5.17. The number of benzene rings is 3. The highest BCUT2D eigenvalue weighted by Gasteiger charge is 2.35. The van der Waals surface area contributed by atoms with Gasteiger partial charge in [0.1, 0.15) is 11.9 Å². The Hall–Kier alpha value is -3.84. The van der Waals surface area contributed by atoms with Crippen LogP contribution < -0.4 is 15.5 Å². The van der Waals surface area contributed by atoms with Crippen LogP contribution in [0.1, 0.15) is 35.6 Å². The Morgan fingerprint density at radius 1 is 0.943 bits per heavy atom. The van der Waals surface area contributed by atoms with E-state index in [1.807, 2.05) is 48.5 Å². The molecule has 0 bridgehead atoms. The van der Waals surface area contributed by atoms with Gasteiger partial charge in [0.25, 0.3) is 5.91 Å². The lowest BCUT2D eigenvalue weighted by Crippen LogP contribution is -2.47. The second-order valence-corrected chi connectivity index (χ2v) is 9.19. The van der Waals surface area contributed by atoms with E-state index in [2.05, 4.69) is 15.5 Å². The van der Waals surface area contributed by atoms with Crippen molar-refractivity contribution in [3.8, 4) is 0 Å². The molecule has 1 unspecified atom stereocenters. The van der Waals surface area contributed by atoms with Gasteiger partial charge in [-0.1, -0.05) is 35.9 Å². The number of anilines is 2. The second kappa shape index (κ2) is 9.80. The van der Waals surface area contributed by atoms with Gasteiger partial charge in [-0.05, 0) is 72.5 Å². The second-order valence-electron chi connectivity index (χ2n) is 8.75. The van der Waals surface area contributed by atoms with Gasteiger partial charge in [-0.3, -0.25) is 10.2 Å². The first-order chi connectivity index (χ1) is 17.0. The van der Waals surface area contributed by atoms with E-state index in [1.54, 1.807) is 29.2 Å². The van der Waals surface area contributed by atoms with Crippen molar-refractivity contribution in [1.29, 1.82) is 5.41 Å². The quantitative estimate of drug-likeness (QED) is 0.350. The molecular weight excluding hydrogens is 462 g/mol. The zero-order valence-corrected chi connectivity index (χ0v) is 19.9. The minimum absolute atomic E-state index is 0.211. The van der Waals surface area contributed by atoms with Crippen LogP contribution in [0.3, 0.4) is 0 Å². The number of carbonyl (C=O) groups is 2. The number of amidine groups is 1. The molecule has 3 amide bonds. The molecule has 2 heterocycles. The van der Waals surface area contributed by atoms with Crippen LogP contribution in [-0.4, -0.2) is 35.8 Å². The Labute approximate surface area is 209 Å². The number of rotatable bonds is 4. The molecule has 178 valence electrons. The number of carbonyl (C=O) groups excluding carboxylic acids is 2. The highest BCUT2D eigenvalue weighted by molar-refractivity contribution is 6.30. The number of amides is 3. The zero-order valence-electron chi connectivity index (χ0n) is 19.1. The van der Waals surface area contributed by atoms with Gasteiger partial charge in [0, 0.05) is 35.1 Å². The van der Waals surface area contributed by atoms with Crippen LogP contribution in [0.4, 0.5) is 16.2 Å². The van der Waals surface area contributed by atoms with Gasteiger partial charge < -0.3 is 20.4 Å². The molecule has 35 heavy (non-hydrogen) atoms. The summed E-state index contributed by atoms with van der Waals surface area (Å²) in [6.45, 7) is 2.23. The highest BCUT2D eigenvalue weighted by atomic mass is 35.5. The van der Waals surface area contributed by atoms with E-state index >= 15 is 0 Å². The van der Waals surface area contributed by atoms with Crippen LogP contribution >= 0.6 is 11.6 Å². The molecule has 0 saturated carbocycles. The standard InChI is InChI=1S/C27H26ClN5O2/c28-20-9-11-21(12-10-20)30-27(35)31-24-23-6-2-1-5-19(23)17-33(26(24)34)22-13-7-18(8-14-22)25(29)32-15-3-4-16-32/h1-2,5-14,24,29H,3-4,15-17H2,(H2,30,31,35). The average Bonchev–Trinajstić information content (AvgIpc) is 3.42. The minimum Gasteiger partial charge on any atom is -0.357 e. The number of hydrogen-bond donors (Lipinski definition) is 3. The van der Waals surface area contributed by atoms with Gasteiger partial charge in [-0.15, -0.1) is 0 Å². The maximum absolute atomic E-state index is 13.6. The summed E-state index contributed by atoms with van der Waals surface area (Å²) in [5.41, 5.74) is 3.89. The molecule has 1 saturated heterocycles. The summed E-state index contributed by atoms with van der Waals surface area (Å²) in [4.78, 5) is 30.1. The maximum atomic E-state index is 13.6. The van der Waals surface area contributed by atoms with Crippen LogP contribution in [0, 0.1) is 5.41 Å². The summed E-state index contributed by atoms with van der Waals surface area (Å²) < 4.78 is 0. The molecule has 0 spiro atoms. The summed E-state index contributed by atoms with van der Waals surface area (Å²) in [7, 11) is 0. The van der Waals surface area contributed by atoms with E-state index in [0.717, 1.165) is 48.3 Å². The van der Waals surface area contributed by atoms with Crippen molar-refractivity contribution in [1.82, 2.24) is 10.2 Å². The fraction of sp³-hybridized carbons (Fsp3) is 0.222. The third kappa shape index (κ3) is 4.86. The minimum atomic E-state index is -0.824. The first kappa shape index (κ1) is 22.9. The van der Waals surface area contributed by atoms with Gasteiger partial charge >= 0.3 is 6.03 Å². The molecule has 2 aliphatic heterocycles. The molecule has 3 aromatic carbocycles. The fourth-order valence-corrected chi connectivity index (χ4v) is 4.73. The number of halogens is 1. The molecule has 1 atom stereocenters. The average molecular weight is 488 g/mol. The highest BCUT2D eigenvalue weighted by Crippen LogP contribution is 2.32. The number of hydrogen-bond acceptors (Lipinski definition) is 3. The number of fused-ring (bicyclic) bond motifs is 1. The SMILES string of the molecule is N=C(c1ccc(N2Cc3ccccc3C(NC(=O)Nc3ccc(Cl)cc3)C2=O)cc1)N1CCCC1. The first-order valence-corrected chi connectivity index (χ1v) is 12.0. The van der Waals surface area contributed by atoms with E-state index in [0.29, 0.717) is 23.1 Å². The predicted molar refractivity (Wildman–Crippen MR) is 138 cm³/mol. The monoisotopic (exact) mass is 487 g/mol. The van der Waals surface area contributed by atoms with Gasteiger partial charge in [0.05, 0.1) is 6.54 Å². The van der Waals surface area contributed by atoms with Crippen LogP contribution in [0.5, 0.6) is 0 Å². The molecule has 0 aliphatic carbocycles. The smallest absolute Gasteiger partial charge is 0.320 e. The lowest BCUT2D eigenvalue weighted by Gasteiger charge is -2.34. The first-order valence-electron chi connectivity index (χ1n) is 11.7. The van der Waals surface area contributed by atoms with Crippen LogP contribution in [0.15, 0.2) is 72.8 Å². The Morgan fingerprint density at radius 3 is 2.34 bits per heavy atom. The van der Waals surface area contributed by atoms with Crippen LogP contribution in [0.2, 0.25) is 5.02 Å². The lowest BCUT2D eigenvalue weighted by atomic mass is 9.94. The van der Waals surface area contributed by atoms with Gasteiger partial charge in [-0.25, -0.2) is 4.79 Å². The molecule has 0 aromatic heterocycles. The Balaban J connectivity index is 1.36. The summed E-state index contributed by atoms with van der Waals surface area (Å²) in [6, 6.07) is 20.6. The van der Waals surface area contributed by atoms with Crippen LogP contribution in [0.25, 0.3) is 0 Å². The van der Waals surface area contributed by atoms with E-state index in [-0.39, 0.29) is 5.91 Å². The van der Waals surface area contributed by atoms with Gasteiger partial charge in [0.15, 0.2) is 0 Å². The number of nitrogens with zero attached hydrogens (tertiary/aromatic N) is 2. The maximum Gasteiger partial charge on any atom is 0.320 e. The Bertz CT molecular complexity index is 1250. The molecule has 2 aliphatic rings. The lowest BCUT2D eigenvalue weighted by molar-refractivity contribution is -0.121. The molecule has 3 aromatic rings. The van der Waals surface area contributed by atoms with Gasteiger partial charge in [0.2, 0.25) is 0 Å². The molecule has 1 fully saturated rings.